The van der Waals surface area contributed by atoms with E-state index in [1.54, 1.807) is 63.2 Å². The van der Waals surface area contributed by atoms with Crippen molar-refractivity contribution in [1.82, 2.24) is 58.6 Å². The molecule has 3 aliphatic rings. The maximum absolute atomic E-state index is 12.1. The van der Waals surface area contributed by atoms with E-state index < -0.39 is 179 Å². The Balaban J connectivity index is 0.000000209. The van der Waals surface area contributed by atoms with Crippen molar-refractivity contribution < 1.29 is 184 Å². The summed E-state index contributed by atoms with van der Waals surface area (Å²) in [4.78, 5) is 180. The molecule has 3 fully saturated rings. The average Bonchev–Trinajstić information content (AvgIpc) is 1.65. The number of hydrogen-bond acceptors (Lipinski definition) is 45. The van der Waals surface area contributed by atoms with Crippen molar-refractivity contribution in [3.05, 3.63) is 162 Å². The fourth-order valence-corrected chi connectivity index (χ4v) is 21.9. The zero-order chi connectivity index (χ0) is 99.5. The normalized spacial score (nSPS) is 21.8. The number of rotatable bonds is 36. The number of aryl methyl sites for hydroxylation is 1. The predicted molar refractivity (Wildman–Crippen MR) is 452 cm³/mol. The van der Waals surface area contributed by atoms with Gasteiger partial charge in [-0.3, -0.25) is 57.6 Å². The summed E-state index contributed by atoms with van der Waals surface area (Å²) in [6.07, 6.45) is -4.96. The number of imidazole rings is 3. The molecule has 3 saturated heterocycles. The van der Waals surface area contributed by atoms with Crippen molar-refractivity contribution in [2.24, 2.45) is 17.2 Å². The van der Waals surface area contributed by atoms with Crippen molar-refractivity contribution in [2.75, 3.05) is 55.4 Å². The maximum Gasteiger partial charge on any atom is 0.490 e. The highest BCUT2D eigenvalue weighted by molar-refractivity contribution is 7.68. The van der Waals surface area contributed by atoms with Crippen LogP contribution in [0.15, 0.2) is 92.6 Å². The van der Waals surface area contributed by atoms with Gasteiger partial charge >= 0.3 is 76.6 Å². The van der Waals surface area contributed by atoms with E-state index in [9.17, 15) is 116 Å². The summed E-state index contributed by atoms with van der Waals surface area (Å²) in [5, 5.41) is 75.9. The molecule has 12 rings (SSSR count). The van der Waals surface area contributed by atoms with E-state index in [2.05, 4.69) is 136 Å². The highest BCUT2D eigenvalue weighted by Gasteiger charge is 2.48. The lowest BCUT2D eigenvalue weighted by Crippen LogP contribution is -2.26. The van der Waals surface area contributed by atoms with E-state index >= 15 is 0 Å². The molecule has 9 aromatic rings. The van der Waals surface area contributed by atoms with Crippen LogP contribution in [0.3, 0.4) is 0 Å². The summed E-state index contributed by atoms with van der Waals surface area (Å²) >= 11 is 0. The van der Waals surface area contributed by atoms with Gasteiger partial charge < -0.3 is 121 Å². The second-order valence-corrected chi connectivity index (χ2v) is 41.1. The number of hydrogen-bond donors (Lipinski definition) is 21. The van der Waals surface area contributed by atoms with Gasteiger partial charge in [0.2, 0.25) is 0 Å². The SMILES string of the molecule is CC(Nc1ncnc2c1ncn2[C@H]1C[C@@H](O)[C@@H](COP(=O)(O)OP(=O)(O)OP(=O)(O)O)O1)c1ccc(C#CCN)cc1[N+](=O)[O-].C[C@H](Nc1ncnc2c1ncn2[C@H]1C[C@@H](O)[C@@H](COP(=O)(O)OP(=O)(O)OP(=O)(O)O)O1)c1ccc(C#CCN)cc1[N+](=O)[O-].Cc1cc(C#CCN)ccc1C(Nc1ncnc2c1ncn2[C@H]1C[C@@H](O)[C@@H](COP(=O)(O)OP(=O)(O)OP(=O)(O)O)O1)[N+](=O)[O-]. The number of ether oxygens (including phenoxy) is 3. The van der Waals surface area contributed by atoms with Crippen LogP contribution in [0.4, 0.5) is 28.8 Å². The molecule has 63 nitrogen and oxygen atoms in total. The Kier molecular flexibility index (Phi) is 35.4. The zero-order valence-electron chi connectivity index (χ0n) is 68.6. The second kappa shape index (κ2) is 44.5. The molecule has 72 heteroatoms. The summed E-state index contributed by atoms with van der Waals surface area (Å²) in [5.74, 6) is 16.8. The molecule has 3 aliphatic heterocycles. The molecule has 24 N–H and O–H groups in total. The van der Waals surface area contributed by atoms with Crippen LogP contribution in [-0.4, -0.2) is 223 Å². The molecule has 0 spiro atoms. The maximum atomic E-state index is 12.1. The number of aromatic nitrogens is 12. The van der Waals surface area contributed by atoms with Gasteiger partial charge in [0.05, 0.1) is 120 Å². The topological polar surface area (TPSA) is 942 Å². The molecular weight excluding hydrogens is 2000 g/mol. The number of phosphoric ester groups is 3. The van der Waals surface area contributed by atoms with Crippen LogP contribution in [0.1, 0.15) is 109 Å². The monoisotopic (exact) mass is 2080 g/mol. The van der Waals surface area contributed by atoms with Crippen LogP contribution in [0, 0.1) is 72.8 Å². The van der Waals surface area contributed by atoms with Crippen LogP contribution in [0.5, 0.6) is 0 Å². The van der Waals surface area contributed by atoms with Crippen molar-refractivity contribution >= 4 is 133 Å². The number of anilines is 3. The Labute approximate surface area is 755 Å². The van der Waals surface area contributed by atoms with Crippen LogP contribution >= 0.6 is 70.4 Å². The molecule has 0 radical (unpaired) electrons. The number of nitrogens with two attached hydrogens (primary N) is 3. The van der Waals surface area contributed by atoms with E-state index in [0.717, 1.165) is 6.33 Å². The minimum atomic E-state index is -5.73. The standard InChI is InChI=1S/3C21H26N7O14P3/c2*1-12(14-5-4-13(3-2-6-22)7-15(14)28(30)31)26-20-19-21(24-10-23-20)27(11-25-19)18-8-16(29)17(40-18)9-39-44(35,36)42-45(37,38)41-43(32,33)34;1-12-7-13(3-2-6-22)4-5-14(12)20(28(30)31)26-19-18-21(24-10-23-19)27(11-25-18)17-8-15(29)16(40-17)9-39-44(35,36)42-45(37,38)41-43(32,33)34/h2*4-5,7,10-12,16-18,29H,6,8-9,22H2,1H3,(H,35,36)(H,37,38)(H,23,24,26)(H2,32,33,34);4-5,7,10-11,15-17,20,29H,6,8-9,22H2,1H3,(H,35,36)(H,37,38)(H,23,24,26)(H2,32,33,34)/t12?,16-,17-,18-;12-,16+,17+,18+;15-,16-,17-,20?/m101/s1. The minimum Gasteiger partial charge on any atom is -0.390 e. The fraction of sp³-hybridized carbons (Fsp3) is 0.381. The van der Waals surface area contributed by atoms with E-state index in [-0.39, 0.29) is 101 Å². The average molecular weight is 2080 g/mol. The molecule has 18 atom stereocenters. The van der Waals surface area contributed by atoms with Gasteiger partial charge in [0.1, 0.15) is 56.0 Å². The van der Waals surface area contributed by atoms with Crippen LogP contribution in [-0.2, 0) is 94.7 Å². The zero-order valence-corrected chi connectivity index (χ0v) is 76.7. The van der Waals surface area contributed by atoms with Crippen molar-refractivity contribution in [3.8, 4) is 35.5 Å². The van der Waals surface area contributed by atoms with Gasteiger partial charge in [-0.1, -0.05) is 35.5 Å². The fourth-order valence-electron chi connectivity index (χ4n) is 12.8. The molecule has 0 aliphatic carbocycles. The third-order valence-corrected chi connectivity index (χ3v) is 29.6. The molecule has 3 aromatic carbocycles. The summed E-state index contributed by atoms with van der Waals surface area (Å²) in [6, 6.07) is 12.6. The lowest BCUT2D eigenvalue weighted by Gasteiger charge is -2.19. The number of aliphatic hydroxyl groups is 3. The van der Waals surface area contributed by atoms with Crippen LogP contribution in [0.25, 0.3) is 33.5 Å². The van der Waals surface area contributed by atoms with E-state index in [4.69, 9.17) is 60.8 Å². The Hall–Kier alpha value is -9.54. The van der Waals surface area contributed by atoms with Crippen LogP contribution in [0.2, 0.25) is 0 Å². The Bertz CT molecular complexity index is 6330. The Morgan fingerprint density at radius 1 is 0.430 bits per heavy atom. The molecule has 135 heavy (non-hydrogen) atoms. The number of benzene rings is 3. The van der Waals surface area contributed by atoms with Gasteiger partial charge in [0, 0.05) is 48.1 Å². The van der Waals surface area contributed by atoms with E-state index in [1.165, 1.54) is 57.5 Å². The summed E-state index contributed by atoms with van der Waals surface area (Å²) in [6.45, 7) is 2.79. The molecule has 0 amide bonds. The quantitative estimate of drug-likeness (QED) is 0.00881. The third kappa shape index (κ3) is 30.2. The van der Waals surface area contributed by atoms with Crippen LogP contribution < -0.4 is 33.2 Å². The summed E-state index contributed by atoms with van der Waals surface area (Å²) < 4.78 is 160. The highest BCUT2D eigenvalue weighted by Crippen LogP contribution is 2.69. The molecule has 732 valence electrons. The number of fused-ring (bicyclic) bond motifs is 3. The first-order valence-electron chi connectivity index (χ1n) is 37.5. The van der Waals surface area contributed by atoms with Gasteiger partial charge in [0.25, 0.3) is 11.4 Å². The third-order valence-electron chi connectivity index (χ3n) is 18.2. The number of nitrogens with one attached hydrogen (secondary N) is 3. The summed E-state index contributed by atoms with van der Waals surface area (Å²) in [5.41, 5.74) is 20.1. The van der Waals surface area contributed by atoms with E-state index in [0.29, 0.717) is 38.9 Å². The highest BCUT2D eigenvalue weighted by atomic mass is 31.3. The number of nitro groups is 3. The van der Waals surface area contributed by atoms with Gasteiger partial charge in [-0.15, -0.1) is 0 Å². The van der Waals surface area contributed by atoms with Gasteiger partial charge in [-0.25, -0.2) is 85.9 Å². The molecule has 9 heterocycles. The van der Waals surface area contributed by atoms with E-state index in [1.807, 2.05) is 0 Å². The first-order chi connectivity index (χ1) is 62.9. The molecule has 0 bridgehead atoms. The Morgan fingerprint density at radius 3 is 0.993 bits per heavy atom. The first kappa shape index (κ1) is 107. The molecule has 0 saturated carbocycles. The van der Waals surface area contributed by atoms with Crippen molar-refractivity contribution in [2.45, 2.75) is 114 Å². The first-order valence-corrected chi connectivity index (χ1v) is 51.1. The molecule has 8 unspecified atom stereocenters. The Morgan fingerprint density at radius 2 is 0.719 bits per heavy atom. The smallest absolute Gasteiger partial charge is 0.390 e. The lowest BCUT2D eigenvalue weighted by atomic mass is 10.0. The molecule has 6 aromatic heterocycles. The second-order valence-electron chi connectivity index (χ2n) is 27.8. The number of aliphatic hydroxyl groups excluding tert-OH is 3. The van der Waals surface area contributed by atoms with Crippen molar-refractivity contribution in [1.29, 1.82) is 0 Å². The number of nitrogens with zero attached hydrogens (tertiary/aromatic N) is 15. The van der Waals surface area contributed by atoms with Gasteiger partial charge in [-0.05, 0) is 68.8 Å². The molecular formula is C63H78N21O42P9. The summed E-state index contributed by atoms with van der Waals surface area (Å²) in [7, 11) is -50.2. The lowest BCUT2D eigenvalue weighted by molar-refractivity contribution is -0.521. The van der Waals surface area contributed by atoms with Gasteiger partial charge in [-0.2, -0.15) is 25.9 Å². The largest absolute Gasteiger partial charge is 0.490 e. The number of nitro benzene ring substituents is 2. The minimum absolute atomic E-state index is 0.00889. The number of phosphoric acid groups is 9. The predicted octanol–water partition coefficient (Wildman–Crippen LogP) is 3.24. The van der Waals surface area contributed by atoms with Crippen molar-refractivity contribution in [3.63, 3.8) is 0 Å². The van der Waals surface area contributed by atoms with Gasteiger partial charge in [0.15, 0.2) is 50.9 Å².